The second kappa shape index (κ2) is 5.35. The molecule has 1 unspecified atom stereocenters. The number of thiazole rings is 1. The molecule has 2 nitrogen and oxygen atoms in total. The van der Waals surface area contributed by atoms with Gasteiger partial charge in [0.25, 0.3) is 0 Å². The number of aromatic nitrogens is 1. The highest BCUT2D eigenvalue weighted by molar-refractivity contribution is 7.11. The van der Waals surface area contributed by atoms with Gasteiger partial charge in [-0.3, -0.25) is 0 Å². The van der Waals surface area contributed by atoms with Gasteiger partial charge in [0.05, 0.1) is 0 Å². The summed E-state index contributed by atoms with van der Waals surface area (Å²) in [7, 11) is 0. The van der Waals surface area contributed by atoms with Crippen LogP contribution in [0.5, 0.6) is 0 Å². The molecule has 3 heteroatoms. The number of hydrogen-bond acceptors (Lipinski definition) is 3. The Morgan fingerprint density at radius 1 is 1.62 bits per heavy atom. The van der Waals surface area contributed by atoms with Gasteiger partial charge in [-0.05, 0) is 19.4 Å². The van der Waals surface area contributed by atoms with E-state index in [1.807, 2.05) is 6.20 Å². The van der Waals surface area contributed by atoms with Gasteiger partial charge in [0.15, 0.2) is 0 Å². The Labute approximate surface area is 84.4 Å². The zero-order valence-corrected chi connectivity index (χ0v) is 9.45. The molecular formula is C10H18N2S. The van der Waals surface area contributed by atoms with E-state index in [0.29, 0.717) is 0 Å². The van der Waals surface area contributed by atoms with Gasteiger partial charge in [-0.1, -0.05) is 20.3 Å². The molecule has 1 aromatic rings. The molecule has 0 saturated heterocycles. The van der Waals surface area contributed by atoms with Crippen LogP contribution in [0.15, 0.2) is 6.20 Å². The minimum absolute atomic E-state index is 0.765. The van der Waals surface area contributed by atoms with E-state index >= 15 is 0 Å². The predicted octanol–water partition coefficient (Wildman–Crippen LogP) is 2.59. The molecule has 0 spiro atoms. The zero-order valence-electron chi connectivity index (χ0n) is 8.63. The van der Waals surface area contributed by atoms with Crippen LogP contribution < -0.4 is 5.32 Å². The lowest BCUT2D eigenvalue weighted by atomic mass is 10.1. The smallest absolute Gasteiger partial charge is 0.107 e. The third-order valence-electron chi connectivity index (χ3n) is 2.14. The molecule has 0 bridgehead atoms. The van der Waals surface area contributed by atoms with Crippen LogP contribution in [0.2, 0.25) is 0 Å². The summed E-state index contributed by atoms with van der Waals surface area (Å²) in [5, 5.41) is 4.61. The zero-order chi connectivity index (χ0) is 9.68. The number of rotatable bonds is 5. The lowest BCUT2D eigenvalue weighted by molar-refractivity contribution is 0.499. The Hall–Kier alpha value is -0.410. The van der Waals surface area contributed by atoms with E-state index in [1.165, 1.54) is 16.3 Å². The molecule has 0 aliphatic carbocycles. The van der Waals surface area contributed by atoms with Crippen LogP contribution in [0, 0.1) is 12.8 Å². The summed E-state index contributed by atoms with van der Waals surface area (Å²) in [4.78, 5) is 5.59. The fourth-order valence-corrected chi connectivity index (χ4v) is 1.81. The van der Waals surface area contributed by atoms with Crippen molar-refractivity contribution >= 4 is 11.3 Å². The summed E-state index contributed by atoms with van der Waals surface area (Å²) in [5.41, 5.74) is 0. The summed E-state index contributed by atoms with van der Waals surface area (Å²) in [6.45, 7) is 8.59. The first kappa shape index (κ1) is 10.7. The minimum Gasteiger partial charge on any atom is -0.310 e. The first-order chi connectivity index (χ1) is 6.22. The molecule has 0 radical (unpaired) electrons. The van der Waals surface area contributed by atoms with Gasteiger partial charge in [0.1, 0.15) is 5.01 Å². The van der Waals surface area contributed by atoms with E-state index in [4.69, 9.17) is 0 Å². The summed E-state index contributed by atoms with van der Waals surface area (Å²) >= 11 is 1.77. The molecule has 1 aromatic heterocycles. The van der Waals surface area contributed by atoms with E-state index in [-0.39, 0.29) is 0 Å². The van der Waals surface area contributed by atoms with E-state index in [9.17, 15) is 0 Å². The number of nitrogens with one attached hydrogen (secondary N) is 1. The standard InChI is InChI=1S/C10H18N2S/c1-4-8(2)5-11-7-10-12-6-9(3)13-10/h6,8,11H,4-5,7H2,1-3H3. The first-order valence-corrected chi connectivity index (χ1v) is 5.66. The maximum Gasteiger partial charge on any atom is 0.107 e. The molecule has 13 heavy (non-hydrogen) atoms. The maximum absolute atomic E-state index is 4.29. The van der Waals surface area contributed by atoms with Crippen molar-refractivity contribution in [3.63, 3.8) is 0 Å². The monoisotopic (exact) mass is 198 g/mol. The minimum atomic E-state index is 0.765. The number of nitrogens with zero attached hydrogens (tertiary/aromatic N) is 1. The predicted molar refractivity (Wildman–Crippen MR) is 58.0 cm³/mol. The molecular weight excluding hydrogens is 180 g/mol. The second-order valence-electron chi connectivity index (χ2n) is 3.51. The Balaban J connectivity index is 2.20. The molecule has 1 heterocycles. The lowest BCUT2D eigenvalue weighted by Crippen LogP contribution is -2.20. The van der Waals surface area contributed by atoms with Crippen molar-refractivity contribution in [2.45, 2.75) is 33.7 Å². The average molecular weight is 198 g/mol. The molecule has 0 aromatic carbocycles. The third-order valence-corrected chi connectivity index (χ3v) is 3.05. The highest BCUT2D eigenvalue weighted by Gasteiger charge is 2.00. The highest BCUT2D eigenvalue weighted by atomic mass is 32.1. The van der Waals surface area contributed by atoms with Crippen LogP contribution in [0.4, 0.5) is 0 Å². The van der Waals surface area contributed by atoms with Crippen LogP contribution in [-0.2, 0) is 6.54 Å². The quantitative estimate of drug-likeness (QED) is 0.786. The summed E-state index contributed by atoms with van der Waals surface area (Å²) in [6.07, 6.45) is 3.18. The van der Waals surface area contributed by atoms with Crippen molar-refractivity contribution in [2.24, 2.45) is 5.92 Å². The van der Waals surface area contributed by atoms with Crippen LogP contribution in [0.1, 0.15) is 30.2 Å². The van der Waals surface area contributed by atoms with Crippen molar-refractivity contribution in [3.8, 4) is 0 Å². The van der Waals surface area contributed by atoms with Gasteiger partial charge in [0, 0.05) is 17.6 Å². The SMILES string of the molecule is CCC(C)CNCc1ncc(C)s1. The highest BCUT2D eigenvalue weighted by Crippen LogP contribution is 2.10. The van der Waals surface area contributed by atoms with Gasteiger partial charge in [-0.2, -0.15) is 0 Å². The molecule has 0 aliphatic rings. The van der Waals surface area contributed by atoms with Gasteiger partial charge < -0.3 is 5.32 Å². The molecule has 1 rings (SSSR count). The van der Waals surface area contributed by atoms with Crippen molar-refractivity contribution in [2.75, 3.05) is 6.54 Å². The van der Waals surface area contributed by atoms with E-state index in [1.54, 1.807) is 11.3 Å². The first-order valence-electron chi connectivity index (χ1n) is 4.84. The molecule has 1 atom stereocenters. The van der Waals surface area contributed by atoms with Gasteiger partial charge in [0.2, 0.25) is 0 Å². The largest absolute Gasteiger partial charge is 0.310 e. The van der Waals surface area contributed by atoms with Gasteiger partial charge >= 0.3 is 0 Å². The fraction of sp³-hybridized carbons (Fsp3) is 0.700. The van der Waals surface area contributed by atoms with E-state index in [2.05, 4.69) is 31.1 Å². The fourth-order valence-electron chi connectivity index (χ4n) is 1.05. The molecule has 0 saturated carbocycles. The number of hydrogen-bond donors (Lipinski definition) is 1. The second-order valence-corrected chi connectivity index (χ2v) is 4.83. The van der Waals surface area contributed by atoms with Crippen LogP contribution in [0.25, 0.3) is 0 Å². The third kappa shape index (κ3) is 3.87. The molecule has 0 amide bonds. The maximum atomic E-state index is 4.29. The van der Waals surface area contributed by atoms with Crippen LogP contribution in [-0.4, -0.2) is 11.5 Å². The van der Waals surface area contributed by atoms with Crippen molar-refractivity contribution < 1.29 is 0 Å². The Morgan fingerprint density at radius 2 is 2.38 bits per heavy atom. The topological polar surface area (TPSA) is 24.9 Å². The summed E-state index contributed by atoms with van der Waals surface area (Å²) < 4.78 is 0. The van der Waals surface area contributed by atoms with Crippen molar-refractivity contribution in [3.05, 3.63) is 16.1 Å². The van der Waals surface area contributed by atoms with Crippen LogP contribution in [0.3, 0.4) is 0 Å². The summed E-state index contributed by atoms with van der Waals surface area (Å²) in [6, 6.07) is 0. The van der Waals surface area contributed by atoms with Crippen molar-refractivity contribution in [1.82, 2.24) is 10.3 Å². The molecule has 0 fully saturated rings. The average Bonchev–Trinajstić information content (AvgIpc) is 2.51. The van der Waals surface area contributed by atoms with Gasteiger partial charge in [-0.25, -0.2) is 4.98 Å². The normalized spacial score (nSPS) is 13.2. The Bertz CT molecular complexity index is 245. The van der Waals surface area contributed by atoms with Crippen molar-refractivity contribution in [1.29, 1.82) is 0 Å². The number of aryl methyl sites for hydroxylation is 1. The Morgan fingerprint density at radius 3 is 2.92 bits per heavy atom. The molecule has 1 N–H and O–H groups in total. The molecule has 74 valence electrons. The lowest BCUT2D eigenvalue weighted by Gasteiger charge is -2.08. The van der Waals surface area contributed by atoms with Gasteiger partial charge in [-0.15, -0.1) is 11.3 Å². The van der Waals surface area contributed by atoms with E-state index < -0.39 is 0 Å². The molecule has 0 aliphatic heterocycles. The summed E-state index contributed by atoms with van der Waals surface area (Å²) in [5.74, 6) is 0.765. The Kier molecular flexibility index (Phi) is 4.39. The van der Waals surface area contributed by atoms with E-state index in [0.717, 1.165) is 19.0 Å². The van der Waals surface area contributed by atoms with Crippen LogP contribution >= 0.6 is 11.3 Å².